The Bertz CT molecular complexity index is 876. The molecule has 0 aliphatic rings. The number of amides is 1. The normalized spacial score (nSPS) is 11.8. The van der Waals surface area contributed by atoms with Gasteiger partial charge in [-0.25, -0.2) is 4.98 Å². The number of fused-ring (bicyclic) bond motifs is 1. The molecule has 0 aliphatic carbocycles. The van der Waals surface area contributed by atoms with E-state index in [0.29, 0.717) is 10.9 Å². The van der Waals surface area contributed by atoms with E-state index in [2.05, 4.69) is 10.3 Å². The van der Waals surface area contributed by atoms with Gasteiger partial charge in [-0.15, -0.1) is 0 Å². The molecule has 3 rings (SSSR count). The van der Waals surface area contributed by atoms with Crippen molar-refractivity contribution in [2.24, 2.45) is 0 Å². The molecule has 3 aromatic rings. The molecule has 0 spiro atoms. The molecule has 0 aliphatic heterocycles. The van der Waals surface area contributed by atoms with Crippen molar-refractivity contribution in [3.05, 3.63) is 42.5 Å². The fourth-order valence-corrected chi connectivity index (χ4v) is 3.10. The standard InChI is InChI=1S/C18H18N2O4S/c1-11(24-13-6-4-12(22-2)5-7-13)17(21)20-18-19-15-9-8-14(23-3)10-16(15)25-18/h4-11H,1-3H3,(H,19,20,21). The summed E-state index contributed by atoms with van der Waals surface area (Å²) < 4.78 is 16.9. The van der Waals surface area contributed by atoms with E-state index in [-0.39, 0.29) is 5.91 Å². The van der Waals surface area contributed by atoms with Gasteiger partial charge in [0.15, 0.2) is 11.2 Å². The van der Waals surface area contributed by atoms with Crippen molar-refractivity contribution in [3.8, 4) is 17.2 Å². The second kappa shape index (κ2) is 7.40. The van der Waals surface area contributed by atoms with Gasteiger partial charge in [0.05, 0.1) is 24.4 Å². The summed E-state index contributed by atoms with van der Waals surface area (Å²) in [5.41, 5.74) is 0.810. The zero-order chi connectivity index (χ0) is 17.8. The number of benzene rings is 2. The molecule has 1 heterocycles. The van der Waals surface area contributed by atoms with E-state index in [1.54, 1.807) is 45.4 Å². The van der Waals surface area contributed by atoms with Crippen LogP contribution in [-0.2, 0) is 4.79 Å². The molecule has 2 aromatic carbocycles. The second-order valence-electron chi connectivity index (χ2n) is 5.28. The Hall–Kier alpha value is -2.80. The highest BCUT2D eigenvalue weighted by Gasteiger charge is 2.17. The first-order chi connectivity index (χ1) is 12.1. The number of anilines is 1. The average molecular weight is 358 g/mol. The molecule has 1 N–H and O–H groups in total. The lowest BCUT2D eigenvalue weighted by Gasteiger charge is -2.13. The summed E-state index contributed by atoms with van der Waals surface area (Å²) in [6.07, 6.45) is -0.657. The van der Waals surface area contributed by atoms with Gasteiger partial charge >= 0.3 is 0 Å². The van der Waals surface area contributed by atoms with E-state index in [4.69, 9.17) is 14.2 Å². The zero-order valence-corrected chi connectivity index (χ0v) is 14.9. The van der Waals surface area contributed by atoms with Gasteiger partial charge in [-0.1, -0.05) is 11.3 Å². The van der Waals surface area contributed by atoms with Crippen LogP contribution in [0, 0.1) is 0 Å². The molecule has 0 bridgehead atoms. The van der Waals surface area contributed by atoms with Crippen LogP contribution in [0.4, 0.5) is 5.13 Å². The molecule has 6 nitrogen and oxygen atoms in total. The summed E-state index contributed by atoms with van der Waals surface area (Å²) in [6.45, 7) is 1.69. The highest BCUT2D eigenvalue weighted by atomic mass is 32.1. The minimum atomic E-state index is -0.657. The lowest BCUT2D eigenvalue weighted by molar-refractivity contribution is -0.122. The Morgan fingerprint density at radius 3 is 2.36 bits per heavy atom. The molecule has 1 amide bonds. The molecule has 1 aromatic heterocycles. The number of methoxy groups -OCH3 is 2. The zero-order valence-electron chi connectivity index (χ0n) is 14.1. The Morgan fingerprint density at radius 2 is 1.68 bits per heavy atom. The van der Waals surface area contributed by atoms with Crippen LogP contribution in [0.1, 0.15) is 6.92 Å². The quantitative estimate of drug-likeness (QED) is 0.727. The lowest BCUT2D eigenvalue weighted by atomic mass is 10.3. The van der Waals surface area contributed by atoms with Gasteiger partial charge in [-0.2, -0.15) is 0 Å². The molecule has 0 fully saturated rings. The predicted octanol–water partition coefficient (Wildman–Crippen LogP) is 3.72. The van der Waals surface area contributed by atoms with Gasteiger partial charge in [0.25, 0.3) is 5.91 Å². The van der Waals surface area contributed by atoms with Crippen molar-refractivity contribution in [2.75, 3.05) is 19.5 Å². The fraction of sp³-hybridized carbons (Fsp3) is 0.222. The first-order valence-corrected chi connectivity index (χ1v) is 8.47. The lowest BCUT2D eigenvalue weighted by Crippen LogP contribution is -2.30. The van der Waals surface area contributed by atoms with E-state index in [0.717, 1.165) is 21.7 Å². The van der Waals surface area contributed by atoms with Crippen molar-refractivity contribution in [1.29, 1.82) is 0 Å². The van der Waals surface area contributed by atoms with Gasteiger partial charge in [0, 0.05) is 0 Å². The molecule has 25 heavy (non-hydrogen) atoms. The molecule has 0 radical (unpaired) electrons. The van der Waals surface area contributed by atoms with Crippen molar-refractivity contribution in [3.63, 3.8) is 0 Å². The van der Waals surface area contributed by atoms with Gasteiger partial charge < -0.3 is 14.2 Å². The average Bonchev–Trinajstić information content (AvgIpc) is 3.03. The number of hydrogen-bond donors (Lipinski definition) is 1. The second-order valence-corrected chi connectivity index (χ2v) is 6.31. The third kappa shape index (κ3) is 4.00. The van der Waals surface area contributed by atoms with Crippen LogP contribution in [0.25, 0.3) is 10.2 Å². The Balaban J connectivity index is 1.66. The largest absolute Gasteiger partial charge is 0.497 e. The summed E-state index contributed by atoms with van der Waals surface area (Å²) in [5, 5.41) is 3.32. The summed E-state index contributed by atoms with van der Waals surface area (Å²) in [7, 11) is 3.21. The number of nitrogens with one attached hydrogen (secondary N) is 1. The number of carbonyl (C=O) groups is 1. The van der Waals surface area contributed by atoms with Gasteiger partial charge in [-0.05, 0) is 49.4 Å². The maximum absolute atomic E-state index is 12.3. The van der Waals surface area contributed by atoms with Crippen LogP contribution in [0.15, 0.2) is 42.5 Å². The maximum atomic E-state index is 12.3. The molecule has 1 unspecified atom stereocenters. The van der Waals surface area contributed by atoms with Crippen LogP contribution in [0.5, 0.6) is 17.2 Å². The van der Waals surface area contributed by atoms with E-state index in [9.17, 15) is 4.79 Å². The number of thiazole rings is 1. The predicted molar refractivity (Wildman–Crippen MR) is 97.9 cm³/mol. The van der Waals surface area contributed by atoms with Crippen molar-refractivity contribution in [2.45, 2.75) is 13.0 Å². The fourth-order valence-electron chi connectivity index (χ4n) is 2.20. The van der Waals surface area contributed by atoms with Crippen LogP contribution in [0.2, 0.25) is 0 Å². The van der Waals surface area contributed by atoms with Crippen molar-refractivity contribution in [1.82, 2.24) is 4.98 Å². The molecule has 130 valence electrons. The smallest absolute Gasteiger partial charge is 0.266 e. The van der Waals surface area contributed by atoms with Gasteiger partial charge in [0.1, 0.15) is 17.2 Å². The molecule has 0 saturated carbocycles. The minimum absolute atomic E-state index is 0.262. The number of ether oxygens (including phenoxy) is 3. The summed E-state index contributed by atoms with van der Waals surface area (Å²) >= 11 is 1.39. The number of aromatic nitrogens is 1. The van der Waals surface area contributed by atoms with E-state index >= 15 is 0 Å². The van der Waals surface area contributed by atoms with Crippen LogP contribution in [-0.4, -0.2) is 31.2 Å². The first-order valence-electron chi connectivity index (χ1n) is 7.65. The molecule has 0 saturated heterocycles. The SMILES string of the molecule is COc1ccc(OC(C)C(=O)Nc2nc3ccc(OC)cc3s2)cc1. The molecular formula is C18H18N2O4S. The summed E-state index contributed by atoms with van der Waals surface area (Å²) in [5.74, 6) is 1.82. The Kier molecular flexibility index (Phi) is 5.04. The monoisotopic (exact) mass is 358 g/mol. The summed E-state index contributed by atoms with van der Waals surface area (Å²) in [4.78, 5) is 16.7. The molecule has 7 heteroatoms. The van der Waals surface area contributed by atoms with Crippen molar-refractivity contribution >= 4 is 32.6 Å². The highest BCUT2D eigenvalue weighted by Crippen LogP contribution is 2.29. The topological polar surface area (TPSA) is 69.7 Å². The third-order valence-electron chi connectivity index (χ3n) is 3.57. The van der Waals surface area contributed by atoms with Gasteiger partial charge in [0.2, 0.25) is 0 Å². The van der Waals surface area contributed by atoms with Crippen LogP contribution in [0.3, 0.4) is 0 Å². The first kappa shape index (κ1) is 17.0. The van der Waals surface area contributed by atoms with Crippen LogP contribution < -0.4 is 19.5 Å². The van der Waals surface area contributed by atoms with Crippen molar-refractivity contribution < 1.29 is 19.0 Å². The molecule has 1 atom stereocenters. The number of nitrogens with zero attached hydrogens (tertiary/aromatic N) is 1. The molecular weight excluding hydrogens is 340 g/mol. The third-order valence-corrected chi connectivity index (χ3v) is 4.50. The summed E-state index contributed by atoms with van der Waals surface area (Å²) in [6, 6.07) is 12.7. The van der Waals surface area contributed by atoms with Gasteiger partial charge in [-0.3, -0.25) is 10.1 Å². The number of carbonyl (C=O) groups excluding carboxylic acids is 1. The van der Waals surface area contributed by atoms with Crippen LogP contribution >= 0.6 is 11.3 Å². The van der Waals surface area contributed by atoms with E-state index in [1.807, 2.05) is 18.2 Å². The highest BCUT2D eigenvalue weighted by molar-refractivity contribution is 7.22. The number of hydrogen-bond acceptors (Lipinski definition) is 6. The number of rotatable bonds is 6. The maximum Gasteiger partial charge on any atom is 0.266 e. The Labute approximate surface area is 149 Å². The van der Waals surface area contributed by atoms with E-state index < -0.39 is 6.10 Å². The minimum Gasteiger partial charge on any atom is -0.497 e. The Morgan fingerprint density at radius 1 is 1.04 bits per heavy atom. The van der Waals surface area contributed by atoms with E-state index in [1.165, 1.54) is 11.3 Å².